The van der Waals surface area contributed by atoms with E-state index in [2.05, 4.69) is 48.0 Å². The normalized spacial score (nSPS) is 9.96. The zero-order valence-corrected chi connectivity index (χ0v) is 24.9. The average molecular weight is 609 g/mol. The van der Waals surface area contributed by atoms with E-state index in [1.807, 2.05) is 98.9 Å². The highest BCUT2D eigenvalue weighted by Gasteiger charge is 2.15. The third-order valence-corrected chi connectivity index (χ3v) is 6.80. The standard InChI is InChI=1S/C18H14N4.C11H12N4.C7H6O.CH4/c1-13-17(11-19-12-20-13)22-16-10-6-5-9-15(16)21-18(22)14-7-3-2-4-8-14;1-8-11(6-13-7-14-8)15-10-5-3-2-4-9(10)12;8-6-7-4-2-1-3-5-7;/h2-12H,1H3;2-7,15H,12H2,1H3;1-6H;1H4. The molecule has 0 fully saturated rings. The number of carbonyl (C=O) groups excluding carboxylic acids is 1. The lowest BCUT2D eigenvalue weighted by Gasteiger charge is -2.10. The molecule has 3 N–H and O–H groups in total. The van der Waals surface area contributed by atoms with Gasteiger partial charge < -0.3 is 11.1 Å². The summed E-state index contributed by atoms with van der Waals surface area (Å²) in [7, 11) is 0. The highest BCUT2D eigenvalue weighted by atomic mass is 16.1. The summed E-state index contributed by atoms with van der Waals surface area (Å²) in [6.45, 7) is 3.91. The van der Waals surface area contributed by atoms with Crippen molar-refractivity contribution < 1.29 is 4.79 Å². The number of hydrogen-bond donors (Lipinski definition) is 2. The molecule has 7 rings (SSSR count). The van der Waals surface area contributed by atoms with E-state index in [1.54, 1.807) is 24.7 Å². The molecular weight excluding hydrogens is 572 g/mol. The van der Waals surface area contributed by atoms with E-state index in [4.69, 9.17) is 10.7 Å². The SMILES string of the molecule is C.Cc1ncncc1-n1c(-c2ccccc2)nc2ccccc21.Cc1ncncc1Nc1ccccc1N.O=Cc1ccccc1. The smallest absolute Gasteiger partial charge is 0.150 e. The number of rotatable bonds is 5. The predicted molar refractivity (Wildman–Crippen MR) is 186 cm³/mol. The lowest BCUT2D eigenvalue weighted by Crippen LogP contribution is -2.02. The number of carbonyl (C=O) groups is 1. The number of nitrogens with one attached hydrogen (secondary N) is 1. The fourth-order valence-electron chi connectivity index (χ4n) is 4.45. The highest BCUT2D eigenvalue weighted by molar-refractivity contribution is 5.83. The molecule has 0 spiro atoms. The van der Waals surface area contributed by atoms with Crippen molar-refractivity contribution in [1.29, 1.82) is 0 Å². The third-order valence-electron chi connectivity index (χ3n) is 6.80. The number of fused-ring (bicyclic) bond motifs is 1. The maximum Gasteiger partial charge on any atom is 0.150 e. The molecule has 230 valence electrons. The Hall–Kier alpha value is -6.22. The number of imidazole rings is 1. The van der Waals surface area contributed by atoms with Crippen LogP contribution in [0, 0.1) is 13.8 Å². The molecule has 46 heavy (non-hydrogen) atoms. The molecule has 0 unspecified atom stereocenters. The minimum Gasteiger partial charge on any atom is -0.397 e. The molecule has 9 heteroatoms. The molecule has 0 saturated carbocycles. The van der Waals surface area contributed by atoms with Crippen LogP contribution in [0.25, 0.3) is 28.1 Å². The van der Waals surface area contributed by atoms with E-state index >= 15 is 0 Å². The molecule has 0 aliphatic carbocycles. The molecule has 3 heterocycles. The van der Waals surface area contributed by atoms with Crippen LogP contribution in [0.2, 0.25) is 0 Å². The van der Waals surface area contributed by atoms with Gasteiger partial charge in [-0.05, 0) is 38.1 Å². The van der Waals surface area contributed by atoms with Crippen LogP contribution in [-0.4, -0.2) is 35.8 Å². The number of nitrogens with zero attached hydrogens (tertiary/aromatic N) is 6. The van der Waals surface area contributed by atoms with E-state index < -0.39 is 0 Å². The fraction of sp³-hybridized carbons (Fsp3) is 0.0811. The first-order valence-electron chi connectivity index (χ1n) is 14.2. The molecule has 9 nitrogen and oxygen atoms in total. The van der Waals surface area contributed by atoms with Crippen LogP contribution in [-0.2, 0) is 0 Å². The summed E-state index contributed by atoms with van der Waals surface area (Å²) in [5.74, 6) is 0.903. The zero-order valence-electron chi connectivity index (χ0n) is 24.9. The van der Waals surface area contributed by atoms with Crippen LogP contribution in [0.4, 0.5) is 17.1 Å². The van der Waals surface area contributed by atoms with Gasteiger partial charge in [-0.2, -0.15) is 0 Å². The summed E-state index contributed by atoms with van der Waals surface area (Å²) in [4.78, 5) is 31.4. The molecule has 0 aliphatic heterocycles. The van der Waals surface area contributed by atoms with Crippen molar-refractivity contribution in [3.63, 3.8) is 0 Å². The van der Waals surface area contributed by atoms with Crippen LogP contribution in [0.5, 0.6) is 0 Å². The van der Waals surface area contributed by atoms with Gasteiger partial charge in [0.2, 0.25) is 0 Å². The number of anilines is 3. The summed E-state index contributed by atoms with van der Waals surface area (Å²) < 4.78 is 2.12. The summed E-state index contributed by atoms with van der Waals surface area (Å²) in [6, 6.07) is 35.0. The van der Waals surface area contributed by atoms with Gasteiger partial charge in [0.15, 0.2) is 0 Å². The monoisotopic (exact) mass is 608 g/mol. The molecule has 0 atom stereocenters. The molecule has 0 radical (unpaired) electrons. The summed E-state index contributed by atoms with van der Waals surface area (Å²) in [6.07, 6.45) is 7.49. The minimum absolute atomic E-state index is 0. The van der Waals surface area contributed by atoms with Crippen molar-refractivity contribution in [2.75, 3.05) is 11.1 Å². The number of aldehydes is 1. The lowest BCUT2D eigenvalue weighted by molar-refractivity contribution is 0.112. The van der Waals surface area contributed by atoms with E-state index in [9.17, 15) is 4.79 Å². The Labute approximate surface area is 268 Å². The first-order valence-corrected chi connectivity index (χ1v) is 14.2. The number of nitrogen functional groups attached to an aromatic ring is 1. The van der Waals surface area contributed by atoms with Gasteiger partial charge >= 0.3 is 0 Å². The Morgan fingerprint density at radius 3 is 1.96 bits per heavy atom. The number of para-hydroxylation sites is 4. The van der Waals surface area contributed by atoms with Crippen molar-refractivity contribution in [3.8, 4) is 17.1 Å². The highest BCUT2D eigenvalue weighted by Crippen LogP contribution is 2.29. The maximum atomic E-state index is 10.0. The molecule has 0 saturated heterocycles. The molecule has 4 aromatic carbocycles. The van der Waals surface area contributed by atoms with Crippen molar-refractivity contribution in [3.05, 3.63) is 151 Å². The van der Waals surface area contributed by atoms with Crippen LogP contribution in [0.3, 0.4) is 0 Å². The van der Waals surface area contributed by atoms with Crippen molar-refractivity contribution in [2.24, 2.45) is 0 Å². The van der Waals surface area contributed by atoms with Crippen molar-refractivity contribution in [1.82, 2.24) is 29.5 Å². The van der Waals surface area contributed by atoms with Gasteiger partial charge in [-0.3, -0.25) is 9.36 Å². The molecular formula is C37H36N8O. The Kier molecular flexibility index (Phi) is 11.4. The third kappa shape index (κ3) is 8.03. The second kappa shape index (κ2) is 16.0. The topological polar surface area (TPSA) is 124 Å². The van der Waals surface area contributed by atoms with Gasteiger partial charge in [-0.15, -0.1) is 0 Å². The van der Waals surface area contributed by atoms with Gasteiger partial charge in [-0.25, -0.2) is 24.9 Å². The first-order chi connectivity index (χ1) is 22.0. The van der Waals surface area contributed by atoms with E-state index in [-0.39, 0.29) is 7.43 Å². The molecule has 0 bridgehead atoms. The molecule has 0 amide bonds. The van der Waals surface area contributed by atoms with Crippen LogP contribution in [0.1, 0.15) is 29.2 Å². The molecule has 3 aromatic heterocycles. The van der Waals surface area contributed by atoms with Gasteiger partial charge in [0.1, 0.15) is 24.8 Å². The number of aryl methyl sites for hydroxylation is 2. The maximum absolute atomic E-state index is 10.0. The Morgan fingerprint density at radius 1 is 0.696 bits per heavy atom. The summed E-state index contributed by atoms with van der Waals surface area (Å²) in [5.41, 5.74) is 14.9. The van der Waals surface area contributed by atoms with Crippen molar-refractivity contribution in [2.45, 2.75) is 21.3 Å². The Balaban J connectivity index is 0.000000173. The number of benzene rings is 4. The average Bonchev–Trinajstić information content (AvgIpc) is 3.48. The van der Waals surface area contributed by atoms with Gasteiger partial charge in [0.05, 0.1) is 57.6 Å². The predicted octanol–water partition coefficient (Wildman–Crippen LogP) is 8.04. The zero-order chi connectivity index (χ0) is 31.4. The van der Waals surface area contributed by atoms with Gasteiger partial charge in [0, 0.05) is 11.1 Å². The second-order valence-electron chi connectivity index (χ2n) is 9.88. The van der Waals surface area contributed by atoms with Crippen LogP contribution < -0.4 is 11.1 Å². The van der Waals surface area contributed by atoms with E-state index in [0.717, 1.165) is 62.7 Å². The van der Waals surface area contributed by atoms with Crippen LogP contribution in [0.15, 0.2) is 134 Å². The van der Waals surface area contributed by atoms with Crippen LogP contribution >= 0.6 is 0 Å². The first kappa shape index (κ1) is 32.7. The number of aromatic nitrogens is 6. The Bertz CT molecular complexity index is 1950. The quantitative estimate of drug-likeness (QED) is 0.149. The minimum atomic E-state index is 0. The van der Waals surface area contributed by atoms with E-state index in [0.29, 0.717) is 5.69 Å². The fourth-order valence-corrected chi connectivity index (χ4v) is 4.45. The second-order valence-corrected chi connectivity index (χ2v) is 9.88. The van der Waals surface area contributed by atoms with Gasteiger partial charge in [0.25, 0.3) is 0 Å². The van der Waals surface area contributed by atoms with Crippen molar-refractivity contribution >= 4 is 34.4 Å². The molecule has 7 aromatic rings. The largest absolute Gasteiger partial charge is 0.397 e. The summed E-state index contributed by atoms with van der Waals surface area (Å²) >= 11 is 0. The Morgan fingerprint density at radius 2 is 1.30 bits per heavy atom. The lowest BCUT2D eigenvalue weighted by atomic mass is 10.2. The number of nitrogens with two attached hydrogens (primary N) is 1. The van der Waals surface area contributed by atoms with E-state index in [1.165, 1.54) is 6.33 Å². The molecule has 0 aliphatic rings. The summed E-state index contributed by atoms with van der Waals surface area (Å²) in [5, 5.41) is 3.19. The van der Waals surface area contributed by atoms with Gasteiger partial charge in [-0.1, -0.05) is 92.4 Å². The number of hydrogen-bond acceptors (Lipinski definition) is 8.